The Hall–Kier alpha value is -2.08. The lowest BCUT2D eigenvalue weighted by atomic mass is 10.1. The number of benzene rings is 1. The number of nitrogens with zero attached hydrogens (tertiary/aromatic N) is 2. The molecule has 1 atom stereocenters. The van der Waals surface area contributed by atoms with Gasteiger partial charge < -0.3 is 10.1 Å². The molecule has 6 heteroatoms. The first-order chi connectivity index (χ1) is 10.4. The van der Waals surface area contributed by atoms with Gasteiger partial charge in [-0.15, -0.1) is 0 Å². The zero-order chi connectivity index (χ0) is 16.3. The summed E-state index contributed by atoms with van der Waals surface area (Å²) in [6, 6.07) is 5.28. The first-order valence-electron chi connectivity index (χ1n) is 7.37. The molecule has 0 unspecified atom stereocenters. The maximum Gasteiger partial charge on any atom is 0.324 e. The first-order valence-corrected chi connectivity index (χ1v) is 7.37. The molecular formula is C16H23N3O3. The van der Waals surface area contributed by atoms with Gasteiger partial charge in [0.1, 0.15) is 5.75 Å². The Balaban J connectivity index is 2.08. The minimum Gasteiger partial charge on any atom is -0.496 e. The van der Waals surface area contributed by atoms with Crippen molar-refractivity contribution in [3.8, 4) is 5.75 Å². The summed E-state index contributed by atoms with van der Waals surface area (Å²) in [5, 5.41) is 2.65. The van der Waals surface area contributed by atoms with Gasteiger partial charge in [-0.05, 0) is 27.0 Å². The van der Waals surface area contributed by atoms with Crippen LogP contribution < -0.4 is 10.1 Å². The van der Waals surface area contributed by atoms with Crippen LogP contribution in [0.25, 0.3) is 0 Å². The third-order valence-corrected chi connectivity index (χ3v) is 4.00. The molecule has 3 amide bonds. The molecule has 1 fully saturated rings. The molecule has 1 aromatic rings. The lowest BCUT2D eigenvalue weighted by molar-refractivity contribution is -0.132. The van der Waals surface area contributed by atoms with Crippen LogP contribution in [-0.2, 0) is 11.3 Å². The van der Waals surface area contributed by atoms with Crippen molar-refractivity contribution in [2.45, 2.75) is 26.4 Å². The molecule has 1 heterocycles. The largest absolute Gasteiger partial charge is 0.496 e. The minimum atomic E-state index is -0.380. The highest BCUT2D eigenvalue weighted by Crippen LogP contribution is 2.22. The van der Waals surface area contributed by atoms with E-state index >= 15 is 0 Å². The van der Waals surface area contributed by atoms with Crippen molar-refractivity contribution in [2.75, 3.05) is 27.2 Å². The van der Waals surface area contributed by atoms with Crippen LogP contribution >= 0.6 is 0 Å². The zero-order valence-corrected chi connectivity index (χ0v) is 13.5. The maximum absolute atomic E-state index is 12.4. The second-order valence-electron chi connectivity index (χ2n) is 5.63. The van der Waals surface area contributed by atoms with Crippen LogP contribution in [0.2, 0.25) is 0 Å². The number of likely N-dealkylation sites (N-methyl/N-ethyl adjacent to an activating group) is 1. The normalized spacial score (nSPS) is 15.9. The van der Waals surface area contributed by atoms with Gasteiger partial charge in [0.05, 0.1) is 13.2 Å². The first kappa shape index (κ1) is 16.3. The van der Waals surface area contributed by atoms with Gasteiger partial charge in [0.25, 0.3) is 0 Å². The molecule has 0 bridgehead atoms. The van der Waals surface area contributed by atoms with Gasteiger partial charge in [0.2, 0.25) is 5.91 Å². The Kier molecular flexibility index (Phi) is 5.03. The molecule has 22 heavy (non-hydrogen) atoms. The van der Waals surface area contributed by atoms with E-state index in [-0.39, 0.29) is 18.0 Å². The second kappa shape index (κ2) is 6.79. The maximum atomic E-state index is 12.4. The van der Waals surface area contributed by atoms with E-state index in [1.807, 2.05) is 37.9 Å². The average Bonchev–Trinajstić information content (AvgIpc) is 2.92. The number of hydrogen-bond acceptors (Lipinski definition) is 4. The van der Waals surface area contributed by atoms with Crippen molar-refractivity contribution in [2.24, 2.45) is 0 Å². The van der Waals surface area contributed by atoms with Crippen LogP contribution in [0.4, 0.5) is 4.79 Å². The highest BCUT2D eigenvalue weighted by atomic mass is 16.5. The number of hydrogen-bond donors (Lipinski definition) is 1. The second-order valence-corrected chi connectivity index (χ2v) is 5.63. The molecule has 1 aliphatic rings. The number of rotatable bonds is 5. The molecule has 6 nitrogen and oxygen atoms in total. The van der Waals surface area contributed by atoms with Crippen LogP contribution in [0.15, 0.2) is 18.2 Å². The van der Waals surface area contributed by atoms with Gasteiger partial charge >= 0.3 is 6.03 Å². The predicted octanol–water partition coefficient (Wildman–Crippen LogP) is 1.38. The number of methoxy groups -OCH3 is 1. The van der Waals surface area contributed by atoms with Crippen molar-refractivity contribution in [3.05, 3.63) is 29.3 Å². The van der Waals surface area contributed by atoms with Gasteiger partial charge in [0, 0.05) is 25.2 Å². The number of nitrogens with one attached hydrogen (secondary N) is 1. The Morgan fingerprint density at radius 1 is 1.50 bits per heavy atom. The summed E-state index contributed by atoms with van der Waals surface area (Å²) in [6.07, 6.45) is 0. The van der Waals surface area contributed by atoms with Crippen LogP contribution in [-0.4, -0.2) is 55.0 Å². The van der Waals surface area contributed by atoms with Gasteiger partial charge in [0.15, 0.2) is 0 Å². The fraction of sp³-hybridized carbons (Fsp3) is 0.500. The third-order valence-electron chi connectivity index (χ3n) is 4.00. The third kappa shape index (κ3) is 3.39. The monoisotopic (exact) mass is 305 g/mol. The number of aryl methyl sites for hydroxylation is 1. The Morgan fingerprint density at radius 3 is 2.82 bits per heavy atom. The molecule has 0 aliphatic carbocycles. The van der Waals surface area contributed by atoms with E-state index in [0.717, 1.165) is 16.9 Å². The van der Waals surface area contributed by atoms with Crippen molar-refractivity contribution in [3.63, 3.8) is 0 Å². The van der Waals surface area contributed by atoms with E-state index in [1.54, 1.807) is 7.11 Å². The molecule has 0 radical (unpaired) electrons. The average molecular weight is 305 g/mol. The smallest absolute Gasteiger partial charge is 0.324 e. The summed E-state index contributed by atoms with van der Waals surface area (Å²) in [6.45, 7) is 5.37. The van der Waals surface area contributed by atoms with Crippen LogP contribution in [0.5, 0.6) is 5.75 Å². The summed E-state index contributed by atoms with van der Waals surface area (Å²) < 4.78 is 5.37. The Bertz CT molecular complexity index is 574. The summed E-state index contributed by atoms with van der Waals surface area (Å²) >= 11 is 0. The summed E-state index contributed by atoms with van der Waals surface area (Å²) in [5.41, 5.74) is 2.16. The van der Waals surface area contributed by atoms with E-state index in [4.69, 9.17) is 4.74 Å². The SMILES string of the molecule is COc1ccc(C)cc1CN(C)[C@@H](C)C(=O)N1CCNC1=O. The van der Waals surface area contributed by atoms with Gasteiger partial charge in [-0.25, -0.2) is 4.79 Å². The quantitative estimate of drug-likeness (QED) is 0.892. The number of amides is 3. The topological polar surface area (TPSA) is 61.9 Å². The van der Waals surface area contributed by atoms with Crippen LogP contribution in [0.3, 0.4) is 0 Å². The molecule has 1 saturated heterocycles. The minimum absolute atomic E-state index is 0.177. The predicted molar refractivity (Wildman–Crippen MR) is 83.8 cm³/mol. The number of imide groups is 1. The summed E-state index contributed by atoms with van der Waals surface area (Å²) in [7, 11) is 3.51. The lowest BCUT2D eigenvalue weighted by Gasteiger charge is -2.27. The molecule has 1 N–H and O–H groups in total. The molecule has 0 aromatic heterocycles. The van der Waals surface area contributed by atoms with Crippen molar-refractivity contribution in [1.82, 2.24) is 15.1 Å². The lowest BCUT2D eigenvalue weighted by Crippen LogP contribution is -2.46. The number of carbonyl (C=O) groups excluding carboxylic acids is 2. The molecule has 120 valence electrons. The van der Waals surface area contributed by atoms with E-state index in [0.29, 0.717) is 19.6 Å². The molecule has 1 aromatic carbocycles. The fourth-order valence-corrected chi connectivity index (χ4v) is 2.53. The van der Waals surface area contributed by atoms with Crippen LogP contribution in [0, 0.1) is 6.92 Å². The van der Waals surface area contributed by atoms with E-state index in [2.05, 4.69) is 11.4 Å². The highest BCUT2D eigenvalue weighted by molar-refractivity contribution is 5.98. The number of urea groups is 1. The molecule has 0 spiro atoms. The van der Waals surface area contributed by atoms with Gasteiger partial charge in [-0.2, -0.15) is 0 Å². The number of carbonyl (C=O) groups is 2. The zero-order valence-electron chi connectivity index (χ0n) is 13.5. The van der Waals surface area contributed by atoms with Crippen molar-refractivity contribution >= 4 is 11.9 Å². The standard InChI is InChI=1S/C16H23N3O3/c1-11-5-6-14(22-4)13(9-11)10-18(3)12(2)15(20)19-8-7-17-16(19)21/h5-6,9,12H,7-8,10H2,1-4H3,(H,17,21)/t12-/m0/s1. The highest BCUT2D eigenvalue weighted by Gasteiger charge is 2.31. The number of ether oxygens (including phenoxy) is 1. The van der Waals surface area contributed by atoms with E-state index in [1.165, 1.54) is 4.90 Å². The molecule has 1 aliphatic heterocycles. The fourth-order valence-electron chi connectivity index (χ4n) is 2.53. The van der Waals surface area contributed by atoms with Crippen molar-refractivity contribution in [1.29, 1.82) is 0 Å². The van der Waals surface area contributed by atoms with Crippen molar-refractivity contribution < 1.29 is 14.3 Å². The molecule has 0 saturated carbocycles. The summed E-state index contributed by atoms with van der Waals surface area (Å²) in [5.74, 6) is 0.625. The Morgan fingerprint density at radius 2 is 2.23 bits per heavy atom. The molecular weight excluding hydrogens is 282 g/mol. The molecule has 2 rings (SSSR count). The van der Waals surface area contributed by atoms with Gasteiger partial charge in [-0.3, -0.25) is 14.6 Å². The Labute approximate surface area is 131 Å². The summed E-state index contributed by atoms with van der Waals surface area (Å²) in [4.78, 5) is 27.2. The van der Waals surface area contributed by atoms with E-state index < -0.39 is 0 Å². The van der Waals surface area contributed by atoms with E-state index in [9.17, 15) is 9.59 Å². The van der Waals surface area contributed by atoms with Gasteiger partial charge in [-0.1, -0.05) is 17.7 Å². The van der Waals surface area contributed by atoms with Crippen LogP contribution in [0.1, 0.15) is 18.1 Å².